The van der Waals surface area contributed by atoms with Gasteiger partial charge in [-0.3, -0.25) is 0 Å². The molecule has 0 bridgehead atoms. The van der Waals surface area contributed by atoms with Gasteiger partial charge in [-0.15, -0.1) is 0 Å². The molecule has 20 heavy (non-hydrogen) atoms. The van der Waals surface area contributed by atoms with Gasteiger partial charge in [0.15, 0.2) is 0 Å². The zero-order chi connectivity index (χ0) is 15.1. The van der Waals surface area contributed by atoms with Gasteiger partial charge in [-0.25, -0.2) is 0 Å². The highest BCUT2D eigenvalue weighted by molar-refractivity contribution is 4.67. The second kappa shape index (κ2) is 15.3. The summed E-state index contributed by atoms with van der Waals surface area (Å²) in [5.74, 6) is 0. The molecule has 2 nitrogen and oxygen atoms in total. The van der Waals surface area contributed by atoms with E-state index in [0.717, 1.165) is 25.7 Å². The highest BCUT2D eigenvalue weighted by atomic mass is 16.3. The van der Waals surface area contributed by atoms with Crippen LogP contribution in [0.5, 0.6) is 0 Å². The van der Waals surface area contributed by atoms with Crippen LogP contribution in [0.3, 0.4) is 0 Å². The molecule has 0 amide bonds. The Labute approximate surface area is 127 Å². The minimum Gasteiger partial charge on any atom is -0.390 e. The van der Waals surface area contributed by atoms with Crippen LogP contribution >= 0.6 is 0 Å². The molecule has 0 rings (SSSR count). The molecular formula is C18H38O2. The van der Waals surface area contributed by atoms with Gasteiger partial charge in [-0.1, -0.05) is 90.9 Å². The fourth-order valence-corrected chi connectivity index (χ4v) is 2.65. The lowest BCUT2D eigenvalue weighted by Crippen LogP contribution is -2.25. The van der Waals surface area contributed by atoms with E-state index < -0.39 is 12.2 Å². The summed E-state index contributed by atoms with van der Waals surface area (Å²) < 4.78 is 0. The minimum absolute atomic E-state index is 0.503. The normalized spacial score (nSPS) is 14.4. The molecule has 0 radical (unpaired) electrons. The summed E-state index contributed by atoms with van der Waals surface area (Å²) in [4.78, 5) is 0. The zero-order valence-electron chi connectivity index (χ0n) is 13.9. The molecule has 0 aliphatic carbocycles. The molecule has 0 heterocycles. The van der Waals surface area contributed by atoms with Crippen molar-refractivity contribution in [1.29, 1.82) is 0 Å². The van der Waals surface area contributed by atoms with E-state index in [2.05, 4.69) is 13.8 Å². The van der Waals surface area contributed by atoms with Crippen molar-refractivity contribution in [2.24, 2.45) is 0 Å². The third-order valence-corrected chi connectivity index (χ3v) is 4.15. The first kappa shape index (κ1) is 19.9. The summed E-state index contributed by atoms with van der Waals surface area (Å²) in [5, 5.41) is 19.8. The van der Waals surface area contributed by atoms with Crippen LogP contribution in [0.15, 0.2) is 0 Å². The largest absolute Gasteiger partial charge is 0.390 e. The number of aliphatic hydroxyl groups excluding tert-OH is 2. The maximum atomic E-state index is 9.91. The molecule has 0 aromatic rings. The van der Waals surface area contributed by atoms with E-state index in [4.69, 9.17) is 0 Å². The van der Waals surface area contributed by atoms with E-state index in [0.29, 0.717) is 0 Å². The number of hydrogen-bond donors (Lipinski definition) is 2. The van der Waals surface area contributed by atoms with Crippen LogP contribution in [-0.2, 0) is 0 Å². The average Bonchev–Trinajstić information content (AvgIpc) is 2.45. The summed E-state index contributed by atoms with van der Waals surface area (Å²) in [6, 6.07) is 0. The van der Waals surface area contributed by atoms with Gasteiger partial charge in [0.05, 0.1) is 12.2 Å². The molecule has 2 N–H and O–H groups in total. The molecule has 0 saturated carbocycles. The summed E-state index contributed by atoms with van der Waals surface area (Å²) in [6.07, 6.45) is 15.4. The Kier molecular flexibility index (Phi) is 15.3. The van der Waals surface area contributed by atoms with E-state index in [1.54, 1.807) is 0 Å². The van der Waals surface area contributed by atoms with Crippen LogP contribution in [0.4, 0.5) is 0 Å². The maximum absolute atomic E-state index is 9.91. The predicted molar refractivity (Wildman–Crippen MR) is 88.0 cm³/mol. The molecule has 0 aliphatic heterocycles. The molecule has 2 heteroatoms. The Morgan fingerprint density at radius 2 is 0.800 bits per heavy atom. The summed E-state index contributed by atoms with van der Waals surface area (Å²) in [5.41, 5.74) is 0. The molecule has 0 aromatic heterocycles. The van der Waals surface area contributed by atoms with Gasteiger partial charge in [0.1, 0.15) is 0 Å². The number of hydrogen-bond acceptors (Lipinski definition) is 2. The van der Waals surface area contributed by atoms with Crippen molar-refractivity contribution in [3.05, 3.63) is 0 Å². The Bertz CT molecular complexity index is 162. The van der Waals surface area contributed by atoms with Crippen LogP contribution in [0.1, 0.15) is 104 Å². The second-order valence-electron chi connectivity index (χ2n) is 6.25. The van der Waals surface area contributed by atoms with Gasteiger partial charge in [0.25, 0.3) is 0 Å². The summed E-state index contributed by atoms with van der Waals surface area (Å²) in [7, 11) is 0. The molecule has 2 atom stereocenters. The lowest BCUT2D eigenvalue weighted by atomic mass is 10.00. The molecule has 0 fully saturated rings. The van der Waals surface area contributed by atoms with Crippen LogP contribution in [0, 0.1) is 0 Å². The third kappa shape index (κ3) is 12.9. The van der Waals surface area contributed by atoms with Crippen molar-refractivity contribution in [3.8, 4) is 0 Å². The van der Waals surface area contributed by atoms with Gasteiger partial charge >= 0.3 is 0 Å². The summed E-state index contributed by atoms with van der Waals surface area (Å²) >= 11 is 0. The fourth-order valence-electron chi connectivity index (χ4n) is 2.65. The first-order valence-electron chi connectivity index (χ1n) is 9.08. The molecule has 0 aromatic carbocycles. The van der Waals surface area contributed by atoms with Crippen molar-refractivity contribution in [1.82, 2.24) is 0 Å². The number of aliphatic hydroxyl groups is 2. The molecule has 0 spiro atoms. The van der Waals surface area contributed by atoms with Gasteiger partial charge in [0.2, 0.25) is 0 Å². The van der Waals surface area contributed by atoms with Crippen molar-refractivity contribution in [2.45, 2.75) is 116 Å². The number of rotatable bonds is 15. The Balaban J connectivity index is 3.35. The van der Waals surface area contributed by atoms with Crippen molar-refractivity contribution in [3.63, 3.8) is 0 Å². The van der Waals surface area contributed by atoms with E-state index in [9.17, 15) is 10.2 Å². The average molecular weight is 286 g/mol. The van der Waals surface area contributed by atoms with E-state index in [1.807, 2.05) is 0 Å². The monoisotopic (exact) mass is 286 g/mol. The maximum Gasteiger partial charge on any atom is 0.0799 e. The van der Waals surface area contributed by atoms with E-state index in [-0.39, 0.29) is 0 Å². The predicted octanol–water partition coefficient (Wildman–Crippen LogP) is 5.21. The van der Waals surface area contributed by atoms with Crippen molar-refractivity contribution < 1.29 is 10.2 Å². The lowest BCUT2D eigenvalue weighted by Gasteiger charge is -2.17. The first-order chi connectivity index (χ1) is 9.72. The van der Waals surface area contributed by atoms with E-state index in [1.165, 1.54) is 64.2 Å². The van der Waals surface area contributed by atoms with Crippen molar-refractivity contribution in [2.75, 3.05) is 0 Å². The Hall–Kier alpha value is -0.0800. The molecule has 0 unspecified atom stereocenters. The van der Waals surface area contributed by atoms with E-state index >= 15 is 0 Å². The van der Waals surface area contributed by atoms with Gasteiger partial charge in [-0.05, 0) is 12.8 Å². The van der Waals surface area contributed by atoms with Crippen LogP contribution < -0.4 is 0 Å². The van der Waals surface area contributed by atoms with Gasteiger partial charge < -0.3 is 10.2 Å². The molecule has 0 saturated heterocycles. The minimum atomic E-state index is -0.503. The Morgan fingerprint density at radius 1 is 0.500 bits per heavy atom. The zero-order valence-corrected chi connectivity index (χ0v) is 13.9. The molecular weight excluding hydrogens is 248 g/mol. The Morgan fingerprint density at radius 3 is 1.15 bits per heavy atom. The number of unbranched alkanes of at least 4 members (excludes halogenated alkanes) is 10. The molecule has 122 valence electrons. The van der Waals surface area contributed by atoms with Gasteiger partial charge in [-0.2, -0.15) is 0 Å². The quantitative estimate of drug-likeness (QED) is 0.406. The second-order valence-corrected chi connectivity index (χ2v) is 6.25. The van der Waals surface area contributed by atoms with Gasteiger partial charge in [0, 0.05) is 0 Å². The highest BCUT2D eigenvalue weighted by Gasteiger charge is 2.14. The third-order valence-electron chi connectivity index (χ3n) is 4.15. The SMILES string of the molecule is CCCCCCCC[C@H](O)[C@@H](O)CCCCCCCC. The van der Waals surface area contributed by atoms with Crippen molar-refractivity contribution >= 4 is 0 Å². The summed E-state index contributed by atoms with van der Waals surface area (Å²) in [6.45, 7) is 4.45. The van der Waals surface area contributed by atoms with Crippen LogP contribution in [0.25, 0.3) is 0 Å². The fraction of sp³-hybridized carbons (Fsp3) is 1.00. The van der Waals surface area contributed by atoms with Crippen LogP contribution in [0.2, 0.25) is 0 Å². The topological polar surface area (TPSA) is 40.5 Å². The smallest absolute Gasteiger partial charge is 0.0799 e. The molecule has 0 aliphatic rings. The highest BCUT2D eigenvalue weighted by Crippen LogP contribution is 2.14. The standard InChI is InChI=1S/C18H38O2/c1-3-5-7-9-11-13-15-17(19)18(20)16-14-12-10-8-6-4-2/h17-20H,3-16H2,1-2H3/t17-,18-/m0/s1. The lowest BCUT2D eigenvalue weighted by molar-refractivity contribution is 0.00712. The van der Waals surface area contributed by atoms with Crippen LogP contribution in [-0.4, -0.2) is 22.4 Å². The first-order valence-corrected chi connectivity index (χ1v) is 9.08.